The largest absolute Gasteiger partial charge is 0.497 e. The molecule has 0 aliphatic carbocycles. The number of benzene rings is 1. The third kappa shape index (κ3) is 4.35. The van der Waals surface area contributed by atoms with E-state index in [1.54, 1.807) is 13.2 Å². The number of hydrogen-bond donors (Lipinski definition) is 0. The molecule has 136 valence electrons. The van der Waals surface area contributed by atoms with E-state index < -0.39 is 0 Å². The van der Waals surface area contributed by atoms with Crippen LogP contribution in [-0.4, -0.2) is 54.9 Å². The maximum atomic E-state index is 12.8. The fraction of sp³-hybridized carbons (Fsp3) is 0.579. The number of amides is 2. The highest BCUT2D eigenvalue weighted by Crippen LogP contribution is 2.27. The number of hydrogen-bond acceptors (Lipinski definition) is 3. The van der Waals surface area contributed by atoms with Gasteiger partial charge in [0, 0.05) is 37.1 Å². The van der Waals surface area contributed by atoms with Crippen molar-refractivity contribution in [3.8, 4) is 5.75 Å². The molecule has 2 aliphatic heterocycles. The van der Waals surface area contributed by atoms with Gasteiger partial charge in [-0.3, -0.25) is 9.59 Å². The van der Waals surface area contributed by atoms with Gasteiger partial charge in [0.1, 0.15) is 5.75 Å². The molecule has 0 spiro atoms. The number of nitrogens with zero attached hydrogens (tertiary/aromatic N) is 2. The Labute approximate surface area is 157 Å². The topological polar surface area (TPSA) is 49.9 Å². The van der Waals surface area contributed by atoms with E-state index in [4.69, 9.17) is 4.74 Å². The van der Waals surface area contributed by atoms with E-state index in [9.17, 15) is 9.59 Å². The minimum Gasteiger partial charge on any atom is -0.497 e. The van der Waals surface area contributed by atoms with Crippen molar-refractivity contribution in [2.75, 3.05) is 33.3 Å². The Morgan fingerprint density at radius 3 is 2.68 bits per heavy atom. The van der Waals surface area contributed by atoms with Crippen molar-refractivity contribution >= 4 is 27.7 Å². The summed E-state index contributed by atoms with van der Waals surface area (Å²) >= 11 is 3.46. The van der Waals surface area contributed by atoms with Crippen molar-refractivity contribution in [2.24, 2.45) is 5.92 Å². The first-order chi connectivity index (χ1) is 12.1. The number of carbonyl (C=O) groups excluding carboxylic acids is 2. The fourth-order valence-electron chi connectivity index (χ4n) is 3.65. The van der Waals surface area contributed by atoms with Gasteiger partial charge in [-0.2, -0.15) is 0 Å². The van der Waals surface area contributed by atoms with Crippen LogP contribution in [0.2, 0.25) is 0 Å². The van der Waals surface area contributed by atoms with Gasteiger partial charge >= 0.3 is 0 Å². The summed E-state index contributed by atoms with van der Waals surface area (Å²) in [5, 5.41) is 0. The Morgan fingerprint density at radius 1 is 1.24 bits per heavy atom. The summed E-state index contributed by atoms with van der Waals surface area (Å²) < 4.78 is 6.02. The molecule has 2 fully saturated rings. The minimum atomic E-state index is 0.0401. The lowest BCUT2D eigenvalue weighted by Gasteiger charge is -2.36. The second kappa shape index (κ2) is 8.21. The summed E-state index contributed by atoms with van der Waals surface area (Å²) in [6.07, 6.45) is 4.75. The Balaban J connectivity index is 1.56. The van der Waals surface area contributed by atoms with Gasteiger partial charge in [0.05, 0.1) is 12.7 Å². The predicted octanol–water partition coefficient (Wildman–Crippen LogP) is 3.32. The number of rotatable bonds is 4. The zero-order chi connectivity index (χ0) is 17.8. The predicted molar refractivity (Wildman–Crippen MR) is 99.8 cm³/mol. The zero-order valence-corrected chi connectivity index (χ0v) is 16.3. The first-order valence-corrected chi connectivity index (χ1v) is 9.78. The van der Waals surface area contributed by atoms with Gasteiger partial charge in [0.25, 0.3) is 5.91 Å². The molecule has 5 nitrogen and oxygen atoms in total. The number of methoxy groups -OCH3 is 1. The van der Waals surface area contributed by atoms with Crippen LogP contribution >= 0.6 is 15.9 Å². The van der Waals surface area contributed by atoms with E-state index in [0.29, 0.717) is 29.6 Å². The highest BCUT2D eigenvalue weighted by atomic mass is 79.9. The SMILES string of the molecule is COc1ccc(Br)c(C(=O)N2CCC(CN3CCCCC3=O)CC2)c1. The van der Waals surface area contributed by atoms with Crippen LogP contribution in [0.3, 0.4) is 0 Å². The summed E-state index contributed by atoms with van der Waals surface area (Å²) in [5.41, 5.74) is 0.643. The Hall–Kier alpha value is -1.56. The number of ether oxygens (including phenoxy) is 1. The molecule has 0 atom stereocenters. The average Bonchev–Trinajstić information content (AvgIpc) is 2.64. The van der Waals surface area contributed by atoms with E-state index in [1.807, 2.05) is 21.9 Å². The highest BCUT2D eigenvalue weighted by Gasteiger charge is 2.28. The first-order valence-electron chi connectivity index (χ1n) is 8.99. The molecule has 1 aromatic rings. The van der Waals surface area contributed by atoms with Crippen molar-refractivity contribution in [3.63, 3.8) is 0 Å². The average molecular weight is 409 g/mol. The van der Waals surface area contributed by atoms with Gasteiger partial charge < -0.3 is 14.5 Å². The maximum absolute atomic E-state index is 12.8. The molecule has 0 unspecified atom stereocenters. The lowest BCUT2D eigenvalue weighted by Crippen LogP contribution is -2.44. The smallest absolute Gasteiger partial charge is 0.255 e. The maximum Gasteiger partial charge on any atom is 0.255 e. The Bertz CT molecular complexity index is 642. The van der Waals surface area contributed by atoms with Crippen molar-refractivity contribution < 1.29 is 14.3 Å². The number of halogens is 1. The Kier molecular flexibility index (Phi) is 5.99. The molecule has 0 N–H and O–H groups in total. The third-order valence-corrected chi connectivity index (χ3v) is 5.90. The second-order valence-corrected chi connectivity index (χ2v) is 7.73. The molecular weight excluding hydrogens is 384 g/mol. The first kappa shape index (κ1) is 18.2. The van der Waals surface area contributed by atoms with Crippen LogP contribution in [0.25, 0.3) is 0 Å². The van der Waals surface area contributed by atoms with Gasteiger partial charge in [0.15, 0.2) is 0 Å². The molecule has 2 heterocycles. The number of carbonyl (C=O) groups is 2. The van der Waals surface area contributed by atoms with Gasteiger partial charge in [-0.15, -0.1) is 0 Å². The molecular formula is C19H25BrN2O3. The zero-order valence-electron chi connectivity index (χ0n) is 14.7. The minimum absolute atomic E-state index is 0.0401. The molecule has 2 aliphatic rings. The monoisotopic (exact) mass is 408 g/mol. The van der Waals surface area contributed by atoms with Crippen LogP contribution in [0, 0.1) is 5.92 Å². The molecule has 0 bridgehead atoms. The van der Waals surface area contributed by atoms with Crippen molar-refractivity contribution in [1.82, 2.24) is 9.80 Å². The fourth-order valence-corrected chi connectivity index (χ4v) is 4.07. The van der Waals surface area contributed by atoms with Crippen molar-refractivity contribution in [2.45, 2.75) is 32.1 Å². The lowest BCUT2D eigenvalue weighted by atomic mass is 9.94. The molecule has 0 aromatic heterocycles. The van der Waals surface area contributed by atoms with Crippen molar-refractivity contribution in [3.05, 3.63) is 28.2 Å². The summed E-state index contributed by atoms with van der Waals surface area (Å²) in [7, 11) is 1.60. The third-order valence-electron chi connectivity index (χ3n) is 5.21. The quantitative estimate of drug-likeness (QED) is 0.767. The van der Waals surface area contributed by atoms with Crippen LogP contribution in [-0.2, 0) is 4.79 Å². The van der Waals surface area contributed by atoms with Crippen LogP contribution in [0.4, 0.5) is 0 Å². The van der Waals surface area contributed by atoms with Gasteiger partial charge in [-0.25, -0.2) is 0 Å². The van der Waals surface area contributed by atoms with E-state index >= 15 is 0 Å². The van der Waals surface area contributed by atoms with Crippen LogP contribution in [0.1, 0.15) is 42.5 Å². The van der Waals surface area contributed by atoms with E-state index in [0.717, 1.165) is 56.3 Å². The molecule has 0 radical (unpaired) electrons. The van der Waals surface area contributed by atoms with Gasteiger partial charge in [-0.05, 0) is 65.7 Å². The van der Waals surface area contributed by atoms with Gasteiger partial charge in [0.2, 0.25) is 5.91 Å². The van der Waals surface area contributed by atoms with Gasteiger partial charge in [-0.1, -0.05) is 0 Å². The molecule has 25 heavy (non-hydrogen) atoms. The second-order valence-electron chi connectivity index (χ2n) is 6.88. The summed E-state index contributed by atoms with van der Waals surface area (Å²) in [6, 6.07) is 5.47. The highest BCUT2D eigenvalue weighted by molar-refractivity contribution is 9.10. The molecule has 6 heteroatoms. The van der Waals surface area contributed by atoms with Crippen LogP contribution in [0.5, 0.6) is 5.75 Å². The standard InChI is InChI=1S/C19H25BrN2O3/c1-25-15-5-6-17(20)16(12-15)19(24)21-10-7-14(8-11-21)13-22-9-3-2-4-18(22)23/h5-6,12,14H,2-4,7-11,13H2,1H3. The molecule has 2 saturated heterocycles. The number of piperidine rings is 2. The molecule has 3 rings (SSSR count). The summed E-state index contributed by atoms with van der Waals surface area (Å²) in [4.78, 5) is 28.7. The number of likely N-dealkylation sites (tertiary alicyclic amines) is 2. The van der Waals surface area contributed by atoms with E-state index in [2.05, 4.69) is 15.9 Å². The van der Waals surface area contributed by atoms with Crippen LogP contribution in [0.15, 0.2) is 22.7 Å². The lowest BCUT2D eigenvalue weighted by molar-refractivity contribution is -0.134. The normalized spacial score (nSPS) is 19.2. The summed E-state index contributed by atoms with van der Waals surface area (Å²) in [5.74, 6) is 1.52. The molecule has 0 saturated carbocycles. The Morgan fingerprint density at radius 2 is 2.00 bits per heavy atom. The summed E-state index contributed by atoms with van der Waals surface area (Å²) in [6.45, 7) is 3.24. The van der Waals surface area contributed by atoms with Crippen LogP contribution < -0.4 is 4.74 Å². The van der Waals surface area contributed by atoms with E-state index in [1.165, 1.54) is 0 Å². The van der Waals surface area contributed by atoms with E-state index in [-0.39, 0.29) is 5.91 Å². The van der Waals surface area contributed by atoms with Crippen molar-refractivity contribution in [1.29, 1.82) is 0 Å². The molecule has 2 amide bonds. The molecule has 1 aromatic carbocycles.